The molecule has 96 valence electrons. The zero-order chi connectivity index (χ0) is 13.1. The molecule has 2 aromatic heterocycles. The molecule has 0 saturated carbocycles. The van der Waals surface area contributed by atoms with E-state index in [1.165, 1.54) is 11.3 Å². The zero-order valence-electron chi connectivity index (χ0n) is 10.1. The second-order valence-electron chi connectivity index (χ2n) is 3.96. The van der Waals surface area contributed by atoms with Crippen LogP contribution < -0.4 is 0 Å². The number of halogens is 2. The summed E-state index contributed by atoms with van der Waals surface area (Å²) in [5, 5.41) is 1.87. The highest BCUT2D eigenvalue weighted by molar-refractivity contribution is 7.13. The maximum Gasteiger partial charge on any atom is 0.297 e. The Labute approximate surface area is 108 Å². The fraction of sp³-hybridized carbons (Fsp3) is 0.417. The maximum atomic E-state index is 12.8. The molecule has 3 nitrogen and oxygen atoms in total. The van der Waals surface area contributed by atoms with Gasteiger partial charge in [-0.2, -0.15) is 0 Å². The van der Waals surface area contributed by atoms with Crippen LogP contribution in [0.4, 0.5) is 8.78 Å². The number of nitrogens with zero attached hydrogens (tertiary/aromatic N) is 3. The fourth-order valence-electron chi connectivity index (χ4n) is 1.43. The average molecular weight is 269 g/mol. The van der Waals surface area contributed by atoms with Crippen molar-refractivity contribution in [3.63, 3.8) is 0 Å². The molecule has 0 aliphatic rings. The van der Waals surface area contributed by atoms with Gasteiger partial charge < -0.3 is 0 Å². The van der Waals surface area contributed by atoms with Crippen LogP contribution in [0.15, 0.2) is 17.5 Å². The lowest BCUT2D eigenvalue weighted by Gasteiger charge is -2.09. The van der Waals surface area contributed by atoms with Crippen molar-refractivity contribution in [2.24, 2.45) is 0 Å². The van der Waals surface area contributed by atoms with Crippen molar-refractivity contribution in [2.45, 2.75) is 32.6 Å². The third-order valence-electron chi connectivity index (χ3n) is 2.66. The van der Waals surface area contributed by atoms with Crippen molar-refractivity contribution >= 4 is 11.3 Å². The normalized spacial score (nSPS) is 12.9. The Morgan fingerprint density at radius 3 is 2.50 bits per heavy atom. The monoisotopic (exact) mass is 269 g/mol. The van der Waals surface area contributed by atoms with Gasteiger partial charge in [-0.25, -0.2) is 23.7 Å². The van der Waals surface area contributed by atoms with Crippen molar-refractivity contribution in [1.82, 2.24) is 15.0 Å². The summed E-state index contributed by atoms with van der Waals surface area (Å²) in [4.78, 5) is 12.7. The predicted molar refractivity (Wildman–Crippen MR) is 66.8 cm³/mol. The zero-order valence-corrected chi connectivity index (χ0v) is 10.9. The second-order valence-corrected chi connectivity index (χ2v) is 4.91. The van der Waals surface area contributed by atoms with Crippen molar-refractivity contribution in [3.8, 4) is 10.7 Å². The highest BCUT2D eigenvalue weighted by Gasteiger charge is 2.18. The summed E-state index contributed by atoms with van der Waals surface area (Å²) in [7, 11) is 0. The first kappa shape index (κ1) is 13.0. The molecule has 6 heteroatoms. The van der Waals surface area contributed by atoms with Gasteiger partial charge in [0.25, 0.3) is 6.43 Å². The van der Waals surface area contributed by atoms with Gasteiger partial charge in [-0.1, -0.05) is 19.9 Å². The molecular formula is C12H13F2N3S. The van der Waals surface area contributed by atoms with E-state index in [9.17, 15) is 8.78 Å². The van der Waals surface area contributed by atoms with Gasteiger partial charge in [-0.05, 0) is 17.9 Å². The van der Waals surface area contributed by atoms with E-state index < -0.39 is 12.2 Å². The van der Waals surface area contributed by atoms with Crippen LogP contribution in [-0.4, -0.2) is 15.0 Å². The summed E-state index contributed by atoms with van der Waals surface area (Å²) in [6.07, 6.45) is -1.87. The second kappa shape index (κ2) is 5.48. The number of thiophene rings is 1. The molecule has 0 amide bonds. The van der Waals surface area contributed by atoms with E-state index in [1.54, 1.807) is 0 Å². The molecule has 2 aromatic rings. The van der Waals surface area contributed by atoms with Crippen LogP contribution in [0, 0.1) is 0 Å². The average Bonchev–Trinajstić information content (AvgIpc) is 2.91. The van der Waals surface area contributed by atoms with E-state index >= 15 is 0 Å². The molecule has 2 heterocycles. The molecule has 18 heavy (non-hydrogen) atoms. The maximum absolute atomic E-state index is 12.8. The first-order valence-corrected chi connectivity index (χ1v) is 6.57. The van der Waals surface area contributed by atoms with Crippen LogP contribution in [0.3, 0.4) is 0 Å². The summed E-state index contributed by atoms with van der Waals surface area (Å²) in [6.45, 7) is 3.89. The lowest BCUT2D eigenvalue weighted by Crippen LogP contribution is -2.08. The van der Waals surface area contributed by atoms with Crippen molar-refractivity contribution < 1.29 is 8.78 Å². The van der Waals surface area contributed by atoms with Gasteiger partial charge in [-0.15, -0.1) is 11.3 Å². The molecule has 0 spiro atoms. The molecule has 0 aliphatic heterocycles. The van der Waals surface area contributed by atoms with E-state index in [4.69, 9.17) is 0 Å². The van der Waals surface area contributed by atoms with Gasteiger partial charge in [-0.3, -0.25) is 0 Å². The van der Waals surface area contributed by atoms with Crippen molar-refractivity contribution in [1.29, 1.82) is 0 Å². The number of alkyl halides is 2. The molecule has 0 N–H and O–H groups in total. The minimum Gasteiger partial charge on any atom is -0.212 e. The summed E-state index contributed by atoms with van der Waals surface area (Å²) in [5.41, 5.74) is 0. The lowest BCUT2D eigenvalue weighted by atomic mass is 10.1. The molecule has 0 bridgehead atoms. The molecular weight excluding hydrogens is 256 g/mol. The summed E-state index contributed by atoms with van der Waals surface area (Å²) in [6, 6.07) is 3.66. The Bertz CT molecular complexity index is 514. The highest BCUT2D eigenvalue weighted by Crippen LogP contribution is 2.25. The van der Waals surface area contributed by atoms with Crippen LogP contribution in [0.25, 0.3) is 10.7 Å². The summed E-state index contributed by atoms with van der Waals surface area (Å²) in [5.74, 6) is 0.379. The van der Waals surface area contributed by atoms with Gasteiger partial charge in [0.05, 0.1) is 4.88 Å². The number of aromatic nitrogens is 3. The van der Waals surface area contributed by atoms with Crippen LogP contribution in [0.1, 0.15) is 44.3 Å². The number of hydrogen-bond acceptors (Lipinski definition) is 4. The van der Waals surface area contributed by atoms with Gasteiger partial charge in [0, 0.05) is 5.92 Å². The molecule has 0 fully saturated rings. The third kappa shape index (κ3) is 2.69. The van der Waals surface area contributed by atoms with Crippen LogP contribution in [-0.2, 0) is 0 Å². The molecule has 1 unspecified atom stereocenters. The van der Waals surface area contributed by atoms with E-state index in [2.05, 4.69) is 15.0 Å². The standard InChI is InChI=1S/C12H13F2N3S/c1-3-7(2)10-15-11(8-5-4-6-18-8)17-12(16-10)9(13)14/h4-7,9H,3H2,1-2H3. The van der Waals surface area contributed by atoms with Gasteiger partial charge >= 0.3 is 0 Å². The van der Waals surface area contributed by atoms with E-state index in [1.807, 2.05) is 31.4 Å². The minimum atomic E-state index is -2.67. The van der Waals surface area contributed by atoms with E-state index in [-0.39, 0.29) is 5.92 Å². The van der Waals surface area contributed by atoms with Crippen LogP contribution >= 0.6 is 11.3 Å². The molecule has 0 saturated heterocycles. The first-order chi connectivity index (χ1) is 8.61. The van der Waals surface area contributed by atoms with Gasteiger partial charge in [0.2, 0.25) is 0 Å². The smallest absolute Gasteiger partial charge is 0.212 e. The number of rotatable bonds is 4. The van der Waals surface area contributed by atoms with E-state index in [0.29, 0.717) is 11.6 Å². The highest BCUT2D eigenvalue weighted by atomic mass is 32.1. The minimum absolute atomic E-state index is 0.0456. The Morgan fingerprint density at radius 1 is 1.22 bits per heavy atom. The van der Waals surface area contributed by atoms with Gasteiger partial charge in [0.1, 0.15) is 5.82 Å². The molecule has 2 rings (SSSR count). The number of hydrogen-bond donors (Lipinski definition) is 0. The molecule has 0 aromatic carbocycles. The Morgan fingerprint density at radius 2 is 1.94 bits per heavy atom. The van der Waals surface area contributed by atoms with Crippen LogP contribution in [0.5, 0.6) is 0 Å². The molecule has 1 atom stereocenters. The topological polar surface area (TPSA) is 38.7 Å². The lowest BCUT2D eigenvalue weighted by molar-refractivity contribution is 0.139. The predicted octanol–water partition coefficient (Wildman–Crippen LogP) is 4.05. The van der Waals surface area contributed by atoms with Gasteiger partial charge in [0.15, 0.2) is 11.6 Å². The SMILES string of the molecule is CCC(C)c1nc(-c2cccs2)nc(C(F)F)n1. The van der Waals surface area contributed by atoms with Crippen molar-refractivity contribution in [2.75, 3.05) is 0 Å². The summed E-state index contributed by atoms with van der Waals surface area (Å²) >= 11 is 1.43. The first-order valence-electron chi connectivity index (χ1n) is 5.69. The van der Waals surface area contributed by atoms with E-state index in [0.717, 1.165) is 11.3 Å². The van der Waals surface area contributed by atoms with Crippen molar-refractivity contribution in [3.05, 3.63) is 29.2 Å². The van der Waals surface area contributed by atoms with Crippen LogP contribution in [0.2, 0.25) is 0 Å². The third-order valence-corrected chi connectivity index (χ3v) is 3.53. The quantitative estimate of drug-likeness (QED) is 0.840. The fourth-order valence-corrected chi connectivity index (χ4v) is 2.08. The summed E-state index contributed by atoms with van der Waals surface area (Å²) < 4.78 is 25.6. The Balaban J connectivity index is 2.50. The largest absolute Gasteiger partial charge is 0.297 e. The Hall–Kier alpha value is -1.43. The Kier molecular flexibility index (Phi) is 3.96. The molecule has 0 aliphatic carbocycles. The molecule has 0 radical (unpaired) electrons.